The molecule has 1 aromatic rings. The van der Waals surface area contributed by atoms with E-state index in [0.29, 0.717) is 12.2 Å². The van der Waals surface area contributed by atoms with E-state index >= 15 is 0 Å². The molecule has 0 saturated carbocycles. The lowest BCUT2D eigenvalue weighted by atomic mass is 9.93. The predicted octanol–water partition coefficient (Wildman–Crippen LogP) is 6.66. The summed E-state index contributed by atoms with van der Waals surface area (Å²) in [5.41, 5.74) is 0.890. The van der Waals surface area contributed by atoms with Crippen LogP contribution in [-0.4, -0.2) is 13.2 Å². The van der Waals surface area contributed by atoms with E-state index in [1.54, 1.807) is 6.92 Å². The van der Waals surface area contributed by atoms with Crippen molar-refractivity contribution in [2.45, 2.75) is 40.5 Å². The predicted molar refractivity (Wildman–Crippen MR) is 103 cm³/mol. The largest absolute Gasteiger partial charge is 0.491 e. The maximum absolute atomic E-state index is 13.9. The summed E-state index contributed by atoms with van der Waals surface area (Å²) in [6, 6.07) is 2.92. The molecule has 0 aliphatic rings. The van der Waals surface area contributed by atoms with Gasteiger partial charge in [0.25, 0.3) is 0 Å². The van der Waals surface area contributed by atoms with Crippen LogP contribution in [0.3, 0.4) is 0 Å². The number of rotatable bonds is 11. The van der Waals surface area contributed by atoms with Gasteiger partial charge in [-0.3, -0.25) is 0 Å². The summed E-state index contributed by atoms with van der Waals surface area (Å²) >= 11 is 0. The van der Waals surface area contributed by atoms with E-state index in [9.17, 15) is 13.2 Å². The first-order valence-corrected chi connectivity index (χ1v) is 9.12. The van der Waals surface area contributed by atoms with Gasteiger partial charge in [0.2, 0.25) is 5.82 Å². The van der Waals surface area contributed by atoms with Crippen LogP contribution in [0.15, 0.2) is 48.5 Å². The number of ether oxygens (including phenoxy) is 2. The molecule has 0 aliphatic heterocycles. The van der Waals surface area contributed by atoms with Gasteiger partial charge >= 0.3 is 0 Å². The fourth-order valence-corrected chi connectivity index (χ4v) is 2.40. The second kappa shape index (κ2) is 10.9. The molecule has 150 valence electrons. The molecule has 0 radical (unpaired) electrons. The molecule has 0 N–H and O–H groups in total. The molecule has 0 spiro atoms. The number of allylic oxidation sites excluding steroid dienone is 3. The third-order valence-electron chi connectivity index (χ3n) is 4.39. The Kier molecular flexibility index (Phi) is 9.19. The van der Waals surface area contributed by atoms with Crippen molar-refractivity contribution >= 4 is 0 Å². The zero-order valence-electron chi connectivity index (χ0n) is 16.6. The summed E-state index contributed by atoms with van der Waals surface area (Å²) in [5.74, 6) is -2.27. The minimum absolute atomic E-state index is 0.0000234. The van der Waals surface area contributed by atoms with E-state index in [2.05, 4.69) is 13.2 Å². The van der Waals surface area contributed by atoms with Crippen molar-refractivity contribution in [3.05, 3.63) is 65.7 Å². The molecule has 2 unspecified atom stereocenters. The highest BCUT2D eigenvalue weighted by Gasteiger charge is 2.15. The van der Waals surface area contributed by atoms with Crippen molar-refractivity contribution < 1.29 is 22.6 Å². The van der Waals surface area contributed by atoms with Crippen molar-refractivity contribution in [3.63, 3.8) is 0 Å². The van der Waals surface area contributed by atoms with E-state index in [-0.39, 0.29) is 35.5 Å². The van der Waals surface area contributed by atoms with Crippen LogP contribution < -0.4 is 4.74 Å². The molecule has 0 bridgehead atoms. The summed E-state index contributed by atoms with van der Waals surface area (Å²) in [6.45, 7) is 15.2. The van der Waals surface area contributed by atoms with E-state index in [1.807, 2.05) is 13.8 Å². The third-order valence-corrected chi connectivity index (χ3v) is 4.39. The molecule has 1 rings (SSSR count). The lowest BCUT2D eigenvalue weighted by Gasteiger charge is -2.17. The molecular formula is C22H29F3O2. The average Bonchev–Trinajstić information content (AvgIpc) is 2.63. The highest BCUT2D eigenvalue weighted by Crippen LogP contribution is 2.25. The summed E-state index contributed by atoms with van der Waals surface area (Å²) in [6.07, 6.45) is 2.88. The van der Waals surface area contributed by atoms with Gasteiger partial charge in [-0.2, -0.15) is 4.39 Å². The summed E-state index contributed by atoms with van der Waals surface area (Å²) < 4.78 is 51.7. The topological polar surface area (TPSA) is 18.5 Å². The molecule has 0 saturated heterocycles. The molecule has 0 fully saturated rings. The van der Waals surface area contributed by atoms with Crippen LogP contribution in [0.5, 0.6) is 5.75 Å². The highest BCUT2D eigenvalue weighted by atomic mass is 19.2. The van der Waals surface area contributed by atoms with Gasteiger partial charge in [-0.15, -0.1) is 0 Å². The quantitative estimate of drug-likeness (QED) is 0.314. The molecule has 5 heteroatoms. The normalized spacial score (nSPS) is 13.8. The Hall–Kier alpha value is -2.17. The third kappa shape index (κ3) is 7.16. The Bertz CT molecular complexity index is 695. The average molecular weight is 382 g/mol. The van der Waals surface area contributed by atoms with Gasteiger partial charge < -0.3 is 9.47 Å². The second-order valence-electron chi connectivity index (χ2n) is 6.83. The van der Waals surface area contributed by atoms with Crippen LogP contribution in [0.25, 0.3) is 0 Å². The summed E-state index contributed by atoms with van der Waals surface area (Å²) in [7, 11) is 0. The van der Waals surface area contributed by atoms with Gasteiger partial charge in [0.15, 0.2) is 17.4 Å². The van der Waals surface area contributed by atoms with Crippen molar-refractivity contribution in [2.75, 3.05) is 13.2 Å². The van der Waals surface area contributed by atoms with Crippen molar-refractivity contribution in [1.29, 1.82) is 0 Å². The second-order valence-corrected chi connectivity index (χ2v) is 6.83. The van der Waals surface area contributed by atoms with Crippen LogP contribution in [0, 0.1) is 30.4 Å². The number of aryl methyl sites for hydroxylation is 1. The van der Waals surface area contributed by atoms with E-state index < -0.39 is 17.5 Å². The number of halogens is 3. The first kappa shape index (κ1) is 22.9. The smallest absolute Gasteiger partial charge is 0.200 e. The summed E-state index contributed by atoms with van der Waals surface area (Å²) in [5, 5.41) is 0. The Morgan fingerprint density at radius 3 is 2.44 bits per heavy atom. The number of hydrogen-bond acceptors (Lipinski definition) is 2. The van der Waals surface area contributed by atoms with Crippen LogP contribution in [0.2, 0.25) is 0 Å². The van der Waals surface area contributed by atoms with Crippen molar-refractivity contribution in [2.24, 2.45) is 11.8 Å². The number of benzene rings is 1. The zero-order chi connectivity index (χ0) is 20.6. The lowest BCUT2D eigenvalue weighted by Crippen LogP contribution is -2.11. The SMILES string of the molecule is C=C(OCC)/C(F)=C\C(=C)C(C)CCC(C)COc1ccc(C)c(F)c1F. The van der Waals surface area contributed by atoms with Crippen LogP contribution >= 0.6 is 0 Å². The van der Waals surface area contributed by atoms with Gasteiger partial charge in [-0.1, -0.05) is 33.1 Å². The number of hydrogen-bond donors (Lipinski definition) is 0. The van der Waals surface area contributed by atoms with Gasteiger partial charge in [0, 0.05) is 0 Å². The van der Waals surface area contributed by atoms with Crippen LogP contribution in [0.1, 0.15) is 39.2 Å². The van der Waals surface area contributed by atoms with Gasteiger partial charge in [0.05, 0.1) is 13.2 Å². The Morgan fingerprint density at radius 2 is 1.81 bits per heavy atom. The fourth-order valence-electron chi connectivity index (χ4n) is 2.40. The highest BCUT2D eigenvalue weighted by molar-refractivity contribution is 5.30. The van der Waals surface area contributed by atoms with E-state index in [4.69, 9.17) is 9.47 Å². The molecule has 0 aliphatic carbocycles. The summed E-state index contributed by atoms with van der Waals surface area (Å²) in [4.78, 5) is 0. The standard InChI is InChI=1S/C22H29F3O2/c1-7-26-18(6)19(23)12-17(5)15(3)9-8-14(2)13-27-20-11-10-16(4)21(24)22(20)25/h10-12,14-15H,5-9,13H2,1-4H3/b19-12+. The molecule has 2 atom stereocenters. The molecule has 1 aromatic carbocycles. The molecular weight excluding hydrogens is 353 g/mol. The minimum Gasteiger partial charge on any atom is -0.491 e. The van der Waals surface area contributed by atoms with Crippen molar-refractivity contribution in [1.82, 2.24) is 0 Å². The van der Waals surface area contributed by atoms with Crippen LogP contribution in [0.4, 0.5) is 13.2 Å². The molecule has 2 nitrogen and oxygen atoms in total. The molecule has 0 aromatic heterocycles. The minimum atomic E-state index is -0.959. The Balaban J connectivity index is 2.48. The first-order chi connectivity index (χ1) is 12.7. The Morgan fingerprint density at radius 1 is 1.15 bits per heavy atom. The van der Waals surface area contributed by atoms with E-state index in [0.717, 1.165) is 12.8 Å². The first-order valence-electron chi connectivity index (χ1n) is 9.12. The van der Waals surface area contributed by atoms with Crippen molar-refractivity contribution in [3.8, 4) is 5.75 Å². The van der Waals surface area contributed by atoms with Gasteiger partial charge in [-0.05, 0) is 61.8 Å². The molecule has 0 amide bonds. The van der Waals surface area contributed by atoms with Gasteiger partial charge in [-0.25, -0.2) is 8.78 Å². The Labute approximate surface area is 160 Å². The molecule has 0 heterocycles. The fraction of sp³-hybridized carbons (Fsp3) is 0.455. The van der Waals surface area contributed by atoms with Crippen LogP contribution in [-0.2, 0) is 4.74 Å². The zero-order valence-corrected chi connectivity index (χ0v) is 16.6. The molecule has 27 heavy (non-hydrogen) atoms. The van der Waals surface area contributed by atoms with Gasteiger partial charge in [0.1, 0.15) is 5.76 Å². The monoisotopic (exact) mass is 382 g/mol. The maximum Gasteiger partial charge on any atom is 0.200 e. The lowest BCUT2D eigenvalue weighted by molar-refractivity contribution is 0.226. The maximum atomic E-state index is 13.9. The van der Waals surface area contributed by atoms with E-state index in [1.165, 1.54) is 25.1 Å².